The van der Waals surface area contributed by atoms with Gasteiger partial charge in [0, 0.05) is 0 Å². The van der Waals surface area contributed by atoms with Crippen LogP contribution in [0.15, 0.2) is 36.1 Å². The molecule has 1 rings (SSSR count). The highest BCUT2D eigenvalue weighted by Crippen LogP contribution is 2.10. The van der Waals surface area contributed by atoms with E-state index < -0.39 is 0 Å². The lowest BCUT2D eigenvalue weighted by atomic mass is 10.2. The Morgan fingerprint density at radius 2 is 2.38 bits per heavy atom. The van der Waals surface area contributed by atoms with Crippen molar-refractivity contribution in [3.05, 3.63) is 36.1 Å². The maximum Gasteiger partial charge on any atom is 0.220 e. The first kappa shape index (κ1) is 9.78. The summed E-state index contributed by atoms with van der Waals surface area (Å²) in [4.78, 5) is 11.4. The molecule has 0 radical (unpaired) electrons. The van der Waals surface area contributed by atoms with E-state index in [1.807, 2.05) is 25.2 Å². The van der Waals surface area contributed by atoms with Crippen LogP contribution < -0.4 is 0 Å². The van der Waals surface area contributed by atoms with E-state index in [-0.39, 0.29) is 5.78 Å². The van der Waals surface area contributed by atoms with Gasteiger partial charge in [-0.2, -0.15) is 0 Å². The second kappa shape index (κ2) is 5.36. The number of carbonyl (C=O) groups is 1. The zero-order valence-electron chi connectivity index (χ0n) is 7.82. The lowest BCUT2D eigenvalue weighted by Crippen LogP contribution is -2.08. The molecule has 1 aliphatic rings. The standard InChI is InChI=1S/C11H14O2/c1-2-3-4-7-10(12)11-8-5-6-9-13-11/h2-4,7-8H,5-6,9H2,1H3. The van der Waals surface area contributed by atoms with Crippen LogP contribution in [-0.4, -0.2) is 12.4 Å². The molecule has 0 fully saturated rings. The molecule has 1 heterocycles. The van der Waals surface area contributed by atoms with Crippen molar-refractivity contribution in [2.45, 2.75) is 19.8 Å². The van der Waals surface area contributed by atoms with Crippen molar-refractivity contribution in [2.75, 3.05) is 6.61 Å². The van der Waals surface area contributed by atoms with Gasteiger partial charge in [0.25, 0.3) is 0 Å². The van der Waals surface area contributed by atoms with Gasteiger partial charge in [-0.3, -0.25) is 4.79 Å². The van der Waals surface area contributed by atoms with Crippen LogP contribution in [0.3, 0.4) is 0 Å². The largest absolute Gasteiger partial charge is 0.490 e. The molecule has 13 heavy (non-hydrogen) atoms. The van der Waals surface area contributed by atoms with Gasteiger partial charge in [-0.15, -0.1) is 0 Å². The number of carbonyl (C=O) groups excluding carboxylic acids is 1. The maximum absolute atomic E-state index is 11.4. The van der Waals surface area contributed by atoms with Gasteiger partial charge in [-0.1, -0.05) is 18.2 Å². The quantitative estimate of drug-likeness (QED) is 0.490. The normalized spacial score (nSPS) is 17.5. The van der Waals surface area contributed by atoms with Crippen LogP contribution in [0.5, 0.6) is 0 Å². The summed E-state index contributed by atoms with van der Waals surface area (Å²) < 4.78 is 5.21. The molecular weight excluding hydrogens is 164 g/mol. The first-order valence-corrected chi connectivity index (χ1v) is 4.51. The molecule has 0 aromatic heterocycles. The number of hydrogen-bond acceptors (Lipinski definition) is 2. The second-order valence-corrected chi connectivity index (χ2v) is 2.81. The Kier molecular flexibility index (Phi) is 4.03. The molecule has 0 bridgehead atoms. The molecular formula is C11H14O2. The van der Waals surface area contributed by atoms with Crippen LogP contribution in [0.25, 0.3) is 0 Å². The summed E-state index contributed by atoms with van der Waals surface area (Å²) in [5, 5.41) is 0. The summed E-state index contributed by atoms with van der Waals surface area (Å²) in [7, 11) is 0. The van der Waals surface area contributed by atoms with E-state index in [1.54, 1.807) is 6.08 Å². The molecule has 0 saturated heterocycles. The lowest BCUT2D eigenvalue weighted by molar-refractivity contribution is -0.114. The summed E-state index contributed by atoms with van der Waals surface area (Å²) in [5.41, 5.74) is 0. The first-order valence-electron chi connectivity index (χ1n) is 4.51. The number of rotatable bonds is 3. The Morgan fingerprint density at radius 3 is 3.00 bits per heavy atom. The van der Waals surface area contributed by atoms with Crippen LogP contribution in [0, 0.1) is 0 Å². The summed E-state index contributed by atoms with van der Waals surface area (Å²) in [6.45, 7) is 2.57. The fourth-order valence-electron chi connectivity index (χ4n) is 1.07. The molecule has 2 nitrogen and oxygen atoms in total. The van der Waals surface area contributed by atoms with Gasteiger partial charge in [0.05, 0.1) is 6.61 Å². The smallest absolute Gasteiger partial charge is 0.220 e. The summed E-state index contributed by atoms with van der Waals surface area (Å²) in [6.07, 6.45) is 10.7. The Morgan fingerprint density at radius 1 is 1.54 bits per heavy atom. The van der Waals surface area contributed by atoms with Gasteiger partial charge >= 0.3 is 0 Å². The molecule has 0 saturated carbocycles. The van der Waals surface area contributed by atoms with Crippen LogP contribution in [0.4, 0.5) is 0 Å². The number of ether oxygens (including phenoxy) is 1. The number of ketones is 1. The van der Waals surface area contributed by atoms with Gasteiger partial charge in [-0.05, 0) is 31.9 Å². The zero-order chi connectivity index (χ0) is 9.52. The molecule has 0 atom stereocenters. The van der Waals surface area contributed by atoms with Crippen molar-refractivity contribution < 1.29 is 9.53 Å². The molecule has 0 aliphatic carbocycles. The van der Waals surface area contributed by atoms with E-state index in [9.17, 15) is 4.79 Å². The fraction of sp³-hybridized carbons (Fsp3) is 0.364. The minimum atomic E-state index is -0.0437. The fourth-order valence-corrected chi connectivity index (χ4v) is 1.07. The molecule has 0 aromatic carbocycles. The average Bonchev–Trinajstić information content (AvgIpc) is 2.19. The van der Waals surface area contributed by atoms with Crippen LogP contribution in [-0.2, 0) is 9.53 Å². The molecule has 2 heteroatoms. The van der Waals surface area contributed by atoms with E-state index in [2.05, 4.69) is 0 Å². The lowest BCUT2D eigenvalue weighted by Gasteiger charge is -2.11. The first-order chi connectivity index (χ1) is 6.34. The summed E-state index contributed by atoms with van der Waals surface area (Å²) >= 11 is 0. The third kappa shape index (κ3) is 3.28. The Hall–Kier alpha value is -1.31. The number of allylic oxidation sites excluding steroid dienone is 5. The van der Waals surface area contributed by atoms with Gasteiger partial charge in [-0.25, -0.2) is 0 Å². The highest BCUT2D eigenvalue weighted by atomic mass is 16.5. The highest BCUT2D eigenvalue weighted by molar-refractivity contribution is 6.02. The SMILES string of the molecule is CC=CC=CC(=O)C1=CCCCO1. The van der Waals surface area contributed by atoms with Crippen molar-refractivity contribution in [1.29, 1.82) is 0 Å². The van der Waals surface area contributed by atoms with Crippen molar-refractivity contribution in [3.8, 4) is 0 Å². The van der Waals surface area contributed by atoms with E-state index in [0.29, 0.717) is 12.4 Å². The van der Waals surface area contributed by atoms with Crippen molar-refractivity contribution in [1.82, 2.24) is 0 Å². The molecule has 0 unspecified atom stereocenters. The molecule has 1 aliphatic heterocycles. The molecule has 0 amide bonds. The second-order valence-electron chi connectivity index (χ2n) is 2.81. The summed E-state index contributed by atoms with van der Waals surface area (Å²) in [6, 6.07) is 0. The third-order valence-corrected chi connectivity index (χ3v) is 1.73. The Labute approximate surface area is 78.6 Å². The minimum absolute atomic E-state index is 0.0437. The van der Waals surface area contributed by atoms with Crippen LogP contribution >= 0.6 is 0 Å². The predicted molar refractivity (Wildman–Crippen MR) is 52.2 cm³/mol. The van der Waals surface area contributed by atoms with Gasteiger partial charge < -0.3 is 4.74 Å². The van der Waals surface area contributed by atoms with Gasteiger partial charge in [0.15, 0.2) is 5.76 Å². The van der Waals surface area contributed by atoms with E-state index in [1.165, 1.54) is 6.08 Å². The molecule has 70 valence electrons. The monoisotopic (exact) mass is 178 g/mol. The summed E-state index contributed by atoms with van der Waals surface area (Å²) in [5.74, 6) is 0.449. The van der Waals surface area contributed by atoms with Crippen molar-refractivity contribution in [2.24, 2.45) is 0 Å². The average molecular weight is 178 g/mol. The number of hydrogen-bond donors (Lipinski definition) is 0. The van der Waals surface area contributed by atoms with Crippen LogP contribution in [0.2, 0.25) is 0 Å². The van der Waals surface area contributed by atoms with E-state index in [4.69, 9.17) is 4.74 Å². The maximum atomic E-state index is 11.4. The Balaban J connectivity index is 2.51. The Bertz CT molecular complexity index is 259. The van der Waals surface area contributed by atoms with Gasteiger partial charge in [0.1, 0.15) is 0 Å². The van der Waals surface area contributed by atoms with Crippen molar-refractivity contribution in [3.63, 3.8) is 0 Å². The predicted octanol–water partition coefficient (Wildman–Crippen LogP) is 2.38. The zero-order valence-corrected chi connectivity index (χ0v) is 7.82. The van der Waals surface area contributed by atoms with Gasteiger partial charge in [0.2, 0.25) is 5.78 Å². The molecule has 0 N–H and O–H groups in total. The van der Waals surface area contributed by atoms with E-state index >= 15 is 0 Å². The minimum Gasteiger partial charge on any atom is -0.490 e. The molecule has 0 aromatic rings. The highest BCUT2D eigenvalue weighted by Gasteiger charge is 2.09. The van der Waals surface area contributed by atoms with Crippen LogP contribution in [0.1, 0.15) is 19.8 Å². The third-order valence-electron chi connectivity index (χ3n) is 1.73. The van der Waals surface area contributed by atoms with E-state index in [0.717, 1.165) is 12.8 Å². The van der Waals surface area contributed by atoms with Crippen molar-refractivity contribution >= 4 is 5.78 Å². The molecule has 0 spiro atoms. The topological polar surface area (TPSA) is 26.3 Å².